The van der Waals surface area contributed by atoms with Crippen molar-refractivity contribution in [3.63, 3.8) is 0 Å². The molecule has 0 saturated carbocycles. The quantitative estimate of drug-likeness (QED) is 0.494. The SMILES string of the molecule is CCc1cc2ccc(P)cc2nc1-c1ccccn1.N#Cc1c(N)ncnc1N. The van der Waals surface area contributed by atoms with Crippen molar-refractivity contribution in [1.82, 2.24) is 19.9 Å². The molecule has 0 fully saturated rings. The van der Waals surface area contributed by atoms with Crippen LogP contribution in [-0.4, -0.2) is 19.9 Å². The van der Waals surface area contributed by atoms with Gasteiger partial charge in [-0.15, -0.1) is 9.24 Å². The summed E-state index contributed by atoms with van der Waals surface area (Å²) in [4.78, 5) is 16.4. The summed E-state index contributed by atoms with van der Waals surface area (Å²) in [5.41, 5.74) is 14.9. The molecule has 0 bridgehead atoms. The lowest BCUT2D eigenvalue weighted by molar-refractivity contribution is 1.11. The van der Waals surface area contributed by atoms with E-state index in [-0.39, 0.29) is 17.2 Å². The molecule has 7 nitrogen and oxygen atoms in total. The molecule has 4 N–H and O–H groups in total. The number of aryl methyl sites for hydroxylation is 1. The van der Waals surface area contributed by atoms with Crippen molar-refractivity contribution < 1.29 is 0 Å². The molecule has 1 atom stereocenters. The van der Waals surface area contributed by atoms with E-state index >= 15 is 0 Å². The molecule has 144 valence electrons. The molecule has 1 unspecified atom stereocenters. The molecule has 0 saturated heterocycles. The number of nitrogens with two attached hydrogens (primary N) is 2. The van der Waals surface area contributed by atoms with Gasteiger partial charge in [0.2, 0.25) is 0 Å². The number of aromatic nitrogens is 4. The van der Waals surface area contributed by atoms with Gasteiger partial charge >= 0.3 is 0 Å². The second kappa shape index (κ2) is 9.05. The first-order valence-corrected chi connectivity index (χ1v) is 9.47. The van der Waals surface area contributed by atoms with Crippen LogP contribution in [-0.2, 0) is 6.42 Å². The highest BCUT2D eigenvalue weighted by Crippen LogP contribution is 2.24. The summed E-state index contributed by atoms with van der Waals surface area (Å²) in [6.45, 7) is 2.15. The summed E-state index contributed by atoms with van der Waals surface area (Å²) in [5, 5.41) is 10.7. The smallest absolute Gasteiger partial charge is 0.146 e. The van der Waals surface area contributed by atoms with Crippen LogP contribution in [0, 0.1) is 11.3 Å². The average Bonchev–Trinajstić information content (AvgIpc) is 2.74. The maximum Gasteiger partial charge on any atom is 0.146 e. The number of nitrogen functional groups attached to an aromatic ring is 2. The number of anilines is 2. The molecule has 0 spiro atoms. The predicted octanol–water partition coefficient (Wildman–Crippen LogP) is 2.87. The van der Waals surface area contributed by atoms with Gasteiger partial charge in [-0.1, -0.05) is 25.1 Å². The van der Waals surface area contributed by atoms with Gasteiger partial charge in [0.25, 0.3) is 0 Å². The van der Waals surface area contributed by atoms with Gasteiger partial charge in [0, 0.05) is 11.6 Å². The fourth-order valence-electron chi connectivity index (χ4n) is 2.75. The standard InChI is InChI=1S/C16H15N2P.C5H5N5/c1-2-11-9-12-6-7-13(19)10-15(12)18-16(11)14-5-3-4-8-17-14;6-1-3-4(7)9-2-10-5(3)8/h3-10H,2,19H2,1H3;2H,(H4,7,8,9,10). The van der Waals surface area contributed by atoms with Crippen LogP contribution in [0.1, 0.15) is 18.1 Å². The highest BCUT2D eigenvalue weighted by molar-refractivity contribution is 7.27. The van der Waals surface area contributed by atoms with Crippen molar-refractivity contribution in [2.24, 2.45) is 0 Å². The Morgan fingerprint density at radius 2 is 1.79 bits per heavy atom. The van der Waals surface area contributed by atoms with Gasteiger partial charge in [-0.05, 0) is 41.6 Å². The Kier molecular flexibility index (Phi) is 6.28. The number of nitriles is 1. The lowest BCUT2D eigenvalue weighted by Crippen LogP contribution is -2.01. The lowest BCUT2D eigenvalue weighted by Gasteiger charge is -2.09. The monoisotopic (exact) mass is 401 g/mol. The summed E-state index contributed by atoms with van der Waals surface area (Å²) in [5.74, 6) is 0.241. The van der Waals surface area contributed by atoms with Crippen molar-refractivity contribution in [1.29, 1.82) is 5.26 Å². The van der Waals surface area contributed by atoms with Crippen LogP contribution in [0.15, 0.2) is 55.0 Å². The second-order valence-corrected chi connectivity index (χ2v) is 6.81. The van der Waals surface area contributed by atoms with Crippen molar-refractivity contribution in [2.75, 3.05) is 11.5 Å². The zero-order chi connectivity index (χ0) is 20.8. The van der Waals surface area contributed by atoms with Crippen LogP contribution in [0.4, 0.5) is 11.6 Å². The Balaban J connectivity index is 0.000000204. The summed E-state index contributed by atoms with van der Waals surface area (Å²) >= 11 is 0. The van der Waals surface area contributed by atoms with Gasteiger partial charge in [0.1, 0.15) is 29.6 Å². The molecule has 4 aromatic rings. The van der Waals surface area contributed by atoms with Gasteiger partial charge in [0.15, 0.2) is 0 Å². The second-order valence-electron chi connectivity index (χ2n) is 6.15. The fourth-order valence-corrected chi connectivity index (χ4v) is 3.00. The van der Waals surface area contributed by atoms with Crippen molar-refractivity contribution in [3.8, 4) is 17.5 Å². The van der Waals surface area contributed by atoms with E-state index in [1.807, 2.05) is 24.4 Å². The molecular weight excluding hydrogens is 381 g/mol. The van der Waals surface area contributed by atoms with Gasteiger partial charge < -0.3 is 11.5 Å². The number of benzene rings is 1. The molecule has 1 aromatic carbocycles. The molecule has 3 aromatic heterocycles. The average molecular weight is 401 g/mol. The molecule has 4 rings (SSSR count). The van der Waals surface area contributed by atoms with E-state index in [4.69, 9.17) is 21.7 Å². The van der Waals surface area contributed by atoms with E-state index in [0.717, 1.165) is 28.6 Å². The summed E-state index contributed by atoms with van der Waals surface area (Å²) in [6, 6.07) is 16.2. The van der Waals surface area contributed by atoms with E-state index in [1.54, 1.807) is 6.07 Å². The molecule has 0 radical (unpaired) electrons. The molecule has 0 aliphatic heterocycles. The van der Waals surface area contributed by atoms with Crippen molar-refractivity contribution in [2.45, 2.75) is 13.3 Å². The zero-order valence-electron chi connectivity index (χ0n) is 15.9. The highest BCUT2D eigenvalue weighted by Gasteiger charge is 2.09. The first-order valence-electron chi connectivity index (χ1n) is 8.90. The minimum Gasteiger partial charge on any atom is -0.382 e. The van der Waals surface area contributed by atoms with Crippen LogP contribution < -0.4 is 16.8 Å². The molecule has 29 heavy (non-hydrogen) atoms. The number of hydrogen-bond donors (Lipinski definition) is 2. The summed E-state index contributed by atoms with van der Waals surface area (Å²) in [7, 11) is 2.72. The Morgan fingerprint density at radius 3 is 2.38 bits per heavy atom. The number of rotatable bonds is 2. The maximum absolute atomic E-state index is 8.41. The molecule has 3 heterocycles. The van der Waals surface area contributed by atoms with E-state index in [0.29, 0.717) is 0 Å². The fraction of sp³-hybridized carbons (Fsp3) is 0.0952. The van der Waals surface area contributed by atoms with Crippen LogP contribution in [0.5, 0.6) is 0 Å². The molecule has 8 heteroatoms. The molecular formula is C21H20N7P. The number of hydrogen-bond acceptors (Lipinski definition) is 7. The van der Waals surface area contributed by atoms with Gasteiger partial charge in [0.05, 0.1) is 16.9 Å². The largest absolute Gasteiger partial charge is 0.382 e. The van der Waals surface area contributed by atoms with Crippen LogP contribution in [0.25, 0.3) is 22.3 Å². The minimum absolute atomic E-state index is 0.120. The highest BCUT2D eigenvalue weighted by atomic mass is 31.0. The predicted molar refractivity (Wildman–Crippen MR) is 119 cm³/mol. The van der Waals surface area contributed by atoms with Crippen LogP contribution in [0.2, 0.25) is 0 Å². The van der Waals surface area contributed by atoms with E-state index in [2.05, 4.69) is 55.4 Å². The number of nitrogens with zero attached hydrogens (tertiary/aromatic N) is 5. The van der Waals surface area contributed by atoms with Crippen molar-refractivity contribution in [3.05, 3.63) is 66.1 Å². The zero-order valence-corrected chi connectivity index (χ0v) is 17.0. The van der Waals surface area contributed by atoms with E-state index < -0.39 is 0 Å². The van der Waals surface area contributed by atoms with Gasteiger partial charge in [-0.2, -0.15) is 5.26 Å². The van der Waals surface area contributed by atoms with E-state index in [1.165, 1.54) is 17.3 Å². The van der Waals surface area contributed by atoms with Crippen LogP contribution >= 0.6 is 9.24 Å². The summed E-state index contributed by atoms with van der Waals surface area (Å²) < 4.78 is 0. The van der Waals surface area contributed by atoms with E-state index in [9.17, 15) is 0 Å². The Bertz CT molecular complexity index is 1170. The van der Waals surface area contributed by atoms with Gasteiger partial charge in [-0.25, -0.2) is 15.0 Å². The van der Waals surface area contributed by atoms with Crippen LogP contribution in [0.3, 0.4) is 0 Å². The number of pyridine rings is 2. The third-order valence-corrected chi connectivity index (χ3v) is 4.59. The third-order valence-electron chi connectivity index (χ3n) is 4.23. The third kappa shape index (κ3) is 4.63. The summed E-state index contributed by atoms with van der Waals surface area (Å²) in [6.07, 6.45) is 3.98. The minimum atomic E-state index is 0.120. The molecule has 0 aliphatic carbocycles. The topological polar surface area (TPSA) is 127 Å². The first kappa shape index (κ1) is 20.1. The van der Waals surface area contributed by atoms with Gasteiger partial charge in [-0.3, -0.25) is 4.98 Å². The normalized spacial score (nSPS) is 10.1. The Labute approximate surface area is 171 Å². The number of fused-ring (bicyclic) bond motifs is 1. The lowest BCUT2D eigenvalue weighted by atomic mass is 10.0. The Morgan fingerprint density at radius 1 is 1.03 bits per heavy atom. The molecule has 0 amide bonds. The Hall–Kier alpha value is -3.62. The molecule has 0 aliphatic rings. The van der Waals surface area contributed by atoms with Crippen molar-refractivity contribution >= 4 is 37.1 Å². The maximum atomic E-state index is 8.41. The first-order chi connectivity index (χ1) is 14.0.